The molecule has 15 nitrogen and oxygen atoms in total. The molecule has 5 aliphatic carbocycles. The summed E-state index contributed by atoms with van der Waals surface area (Å²) in [6.07, 6.45) is 29.7. The van der Waals surface area contributed by atoms with Crippen molar-refractivity contribution in [1.82, 2.24) is 53.9 Å². The van der Waals surface area contributed by atoms with Crippen LogP contribution in [0.4, 0.5) is 24.5 Å². The maximum Gasteiger partial charge on any atom is 0.404 e. The van der Waals surface area contributed by atoms with Crippen LogP contribution in [0.1, 0.15) is 410 Å². The van der Waals surface area contributed by atoms with Crippen LogP contribution in [-0.2, 0) is 9.53 Å². The van der Waals surface area contributed by atoms with E-state index in [-0.39, 0.29) is 18.4 Å². The Bertz CT molecular complexity index is 2810. The molecule has 5 saturated carbocycles. The fraction of sp³-hybridized carbons (Fsp3) is 0.885. The summed E-state index contributed by atoms with van der Waals surface area (Å²) >= 11 is 0. The number of hydrogen-bond donors (Lipinski definition) is 0. The number of carbonyl (C=O) groups excluding carboxylic acids is 1. The molecule has 3 saturated heterocycles. The Kier molecular flexibility index (Phi) is 73.3. The van der Waals surface area contributed by atoms with Crippen molar-refractivity contribution in [2.24, 2.45) is 0 Å². The van der Waals surface area contributed by atoms with Gasteiger partial charge in [0, 0.05) is 164 Å². The highest BCUT2D eigenvalue weighted by atomic mass is 19.4. The number of carbonyl (C=O) groups is 1. The second-order valence-corrected chi connectivity index (χ2v) is 43.6. The average molecular weight is 1860 g/mol. The predicted molar refractivity (Wildman–Crippen MR) is 575 cm³/mol. The summed E-state index contributed by atoms with van der Waals surface area (Å²) in [4.78, 5) is 42.1. The van der Waals surface area contributed by atoms with Gasteiger partial charge >= 0.3 is 12.1 Å². The van der Waals surface area contributed by atoms with Gasteiger partial charge < -0.3 is 39.0 Å². The molecule has 0 bridgehead atoms. The van der Waals surface area contributed by atoms with Crippen LogP contribution in [0.15, 0.2) is 60.7 Å². The van der Waals surface area contributed by atoms with Crippen molar-refractivity contribution in [2.75, 3.05) is 117 Å². The number of ether oxygens (including phenoxy) is 1. The Balaban J connectivity index is 0. The van der Waals surface area contributed by atoms with E-state index in [2.05, 4.69) is 350 Å². The lowest BCUT2D eigenvalue weighted by Gasteiger charge is -2.40. The van der Waals surface area contributed by atoms with Crippen LogP contribution in [-0.4, -0.2) is 306 Å². The van der Waals surface area contributed by atoms with E-state index in [0.29, 0.717) is 92.6 Å². The summed E-state index contributed by atoms with van der Waals surface area (Å²) < 4.78 is 41.8. The first-order valence-electron chi connectivity index (χ1n) is 54.4. The number of likely N-dealkylation sites (tertiary alicyclic amines) is 2. The van der Waals surface area contributed by atoms with E-state index in [4.69, 9.17) is 4.74 Å². The number of alkyl halides is 3. The fourth-order valence-corrected chi connectivity index (χ4v) is 19.3. The molecule has 10 rings (SSSR count). The number of nitrogens with zero attached hydrogens (tertiary/aromatic N) is 13. The number of halogens is 3. The zero-order chi connectivity index (χ0) is 100. The monoisotopic (exact) mass is 1850 g/mol. The summed E-state index contributed by atoms with van der Waals surface area (Å²) in [7, 11) is 8.50. The SMILES string of the molecule is CC(C)N(C(C)C)C1CCCCC1.CC(C)N(C)C(C)C.CC(C)N(C)C1CCCC1.CC(C)N(C1CC1)C1CC1.CC(C)N(c1ccccc1)C(C)C.CC(C)N(c1ccccc1)C1CCCCC1.CC(C)N1CCCCCC1.CC(C)N1CCC[C@@H]1C(F)(F)F.CC(C)N1CCN(C)CC1.CCCN(C(C)C)C(C)C.CCN(CC)C(C)C.CCOC(=O)CN(C)C(C)C. The minimum absolute atomic E-state index is 0.000810. The third-order valence-corrected chi connectivity index (χ3v) is 27.7. The molecule has 0 aromatic heterocycles. The largest absolute Gasteiger partial charge is 0.465 e. The standard InChI is InChI=1S/C15H23N.C12H25N.C12H19N.C9H17N.2C9H19N.C9H21N.C8H14F3N.C8H18N2.C8H17NO2.2C7H17N/c1-13(2)16(14-9-5-3-6-10-14)15-11-7-4-8-12-15;2*1-10(2)13(11(3)4)12-8-6-5-7-9-12;1-7(2)10(8-3-4-8)9-5-6-9;1-8(2)10(3)9-6-4-5-7-9;1-9(2)10-7-5-3-4-6-8-10;1-6-7-10(8(2)3)9(4)5;1-6(2)12-5-3-4-7(12)8(9,10)11;1-8(2)10-6-4-9(3)5-7-10;1-5-11-8(10)6-9(4)7(2)3;1-6(2)8(5)7(3)4;1-5-8(6-2)7(3)4/h3,5-6,9-10,13,15H,4,7-8,11-12H2,1-2H3;10-12H,5-9H2,1-4H3;5-11H,1-4H3;7-9H,3-6H2,1-2H3;8-9H,4-7H2,1-3H3;9H,3-8H2,1-2H3;8-9H,6-7H2,1-5H3;6-7H,3-5H2,1-2H3;8H,4-7H2,1-3H3;7H,5-6H2,1-4H3;6-7H,1-5H3;7H,5-6H2,1-4H3/t;;;;;;;7-;;;;/m.......1..../s1. The molecule has 776 valence electrons. The van der Waals surface area contributed by atoms with Crippen molar-refractivity contribution in [3.63, 3.8) is 0 Å². The third kappa shape index (κ3) is 59.1. The highest BCUT2D eigenvalue weighted by Crippen LogP contribution is 2.39. The van der Waals surface area contributed by atoms with Crippen LogP contribution in [0.5, 0.6) is 0 Å². The van der Waals surface area contributed by atoms with E-state index >= 15 is 0 Å². The summed E-state index contributed by atoms with van der Waals surface area (Å²) in [6, 6.07) is 34.7. The Morgan fingerprint density at radius 1 is 0.382 bits per heavy atom. The van der Waals surface area contributed by atoms with E-state index < -0.39 is 12.2 Å². The Morgan fingerprint density at radius 3 is 1.07 bits per heavy atom. The minimum Gasteiger partial charge on any atom is -0.465 e. The van der Waals surface area contributed by atoms with E-state index in [1.807, 2.05) is 46.6 Å². The molecule has 0 N–H and O–H groups in total. The van der Waals surface area contributed by atoms with Gasteiger partial charge in [-0.05, 0) is 417 Å². The summed E-state index contributed by atoms with van der Waals surface area (Å²) in [5, 5.41) is 0. The molecule has 131 heavy (non-hydrogen) atoms. The molecule has 3 aliphatic heterocycles. The van der Waals surface area contributed by atoms with Crippen molar-refractivity contribution >= 4 is 17.3 Å². The number of esters is 1. The van der Waals surface area contributed by atoms with Gasteiger partial charge in [0.05, 0.1) is 13.2 Å². The number of anilines is 2. The highest BCUT2D eigenvalue weighted by Gasteiger charge is 2.46. The number of likely N-dealkylation sites (N-methyl/N-ethyl adjacent to an activating group) is 2. The van der Waals surface area contributed by atoms with Crippen LogP contribution in [0, 0.1) is 0 Å². The minimum atomic E-state index is -4.04. The fourth-order valence-electron chi connectivity index (χ4n) is 19.3. The van der Waals surface area contributed by atoms with Gasteiger partial charge in [-0.25, -0.2) is 0 Å². The van der Waals surface area contributed by atoms with Crippen LogP contribution >= 0.6 is 0 Å². The lowest BCUT2D eigenvalue weighted by atomic mass is 9.92. The van der Waals surface area contributed by atoms with Crippen molar-refractivity contribution in [1.29, 1.82) is 0 Å². The quantitative estimate of drug-likeness (QED) is 0.0697. The Hall–Kier alpha value is -3.14. The summed E-state index contributed by atoms with van der Waals surface area (Å²) in [5.74, 6) is -0.149. The van der Waals surface area contributed by atoms with Gasteiger partial charge in [0.2, 0.25) is 0 Å². The third-order valence-electron chi connectivity index (χ3n) is 27.7. The zero-order valence-electron chi connectivity index (χ0n) is 94.4. The van der Waals surface area contributed by atoms with Gasteiger partial charge in [-0.15, -0.1) is 0 Å². The molecule has 3 heterocycles. The van der Waals surface area contributed by atoms with Crippen molar-refractivity contribution < 1.29 is 22.7 Å². The molecule has 1 atom stereocenters. The van der Waals surface area contributed by atoms with Gasteiger partial charge in [0.15, 0.2) is 0 Å². The van der Waals surface area contributed by atoms with Gasteiger partial charge in [-0.2, -0.15) is 13.2 Å². The van der Waals surface area contributed by atoms with Gasteiger partial charge in [0.25, 0.3) is 0 Å². The molecule has 2 aromatic rings. The number of benzene rings is 2. The van der Waals surface area contributed by atoms with Gasteiger partial charge in [-0.1, -0.05) is 121 Å². The molecule has 18 heteroatoms. The van der Waals surface area contributed by atoms with Gasteiger partial charge in [-0.3, -0.25) is 34.2 Å². The first kappa shape index (κ1) is 130. The van der Waals surface area contributed by atoms with Crippen LogP contribution < -0.4 is 9.80 Å². The average Bonchev–Trinajstić information content (AvgIpc) is 1.66. The second-order valence-electron chi connectivity index (χ2n) is 43.6. The van der Waals surface area contributed by atoms with Crippen molar-refractivity contribution in [2.45, 2.75) is 549 Å². The molecule has 0 unspecified atom stereocenters. The Labute approximate surface area is 815 Å². The molecule has 0 radical (unpaired) electrons. The van der Waals surface area contributed by atoms with Crippen LogP contribution in [0.25, 0.3) is 0 Å². The molecule has 0 spiro atoms. The highest BCUT2D eigenvalue weighted by molar-refractivity contribution is 5.71. The van der Waals surface area contributed by atoms with Crippen molar-refractivity contribution in [3.8, 4) is 0 Å². The van der Waals surface area contributed by atoms with E-state index in [1.54, 1.807) is 0 Å². The smallest absolute Gasteiger partial charge is 0.404 e. The lowest BCUT2D eigenvalue weighted by Crippen LogP contribution is -2.47. The van der Waals surface area contributed by atoms with E-state index in [1.165, 1.54) is 223 Å². The topological polar surface area (TPSA) is 68.4 Å². The number of piperazine rings is 1. The van der Waals surface area contributed by atoms with Crippen LogP contribution in [0.3, 0.4) is 0 Å². The summed E-state index contributed by atoms with van der Waals surface area (Å²) in [5.41, 5.74) is 2.71. The summed E-state index contributed by atoms with van der Waals surface area (Å²) in [6.45, 7) is 92.3. The van der Waals surface area contributed by atoms with E-state index in [0.717, 1.165) is 54.4 Å². The number of rotatable bonds is 30. The van der Waals surface area contributed by atoms with Gasteiger partial charge in [0.1, 0.15) is 6.04 Å². The molecule has 8 aliphatic rings. The molecule has 0 amide bonds. The maximum atomic E-state index is 12.3. The van der Waals surface area contributed by atoms with Crippen LogP contribution in [0.2, 0.25) is 0 Å². The lowest BCUT2D eigenvalue weighted by molar-refractivity contribution is -0.179. The first-order chi connectivity index (χ1) is 61.4. The number of para-hydroxylation sites is 2. The molecule has 8 fully saturated rings. The molecule has 2 aromatic carbocycles. The molecular formula is C113H226F3N13O2. The molecular weight excluding hydrogens is 1630 g/mol. The Morgan fingerprint density at radius 2 is 0.779 bits per heavy atom. The maximum absolute atomic E-state index is 12.3. The first-order valence-corrected chi connectivity index (χ1v) is 54.4. The van der Waals surface area contributed by atoms with Crippen molar-refractivity contribution in [3.05, 3.63) is 60.7 Å². The predicted octanol–water partition coefficient (Wildman–Crippen LogP) is 27.5. The normalized spacial score (nSPS) is 18.2. The second kappa shape index (κ2) is 73.9. The number of hydrogen-bond acceptors (Lipinski definition) is 15. The van der Waals surface area contributed by atoms with E-state index in [9.17, 15) is 18.0 Å². The zero-order valence-corrected chi connectivity index (χ0v) is 94.4.